The molecule has 0 saturated heterocycles. The second-order valence-electron chi connectivity index (χ2n) is 4.53. The summed E-state index contributed by atoms with van der Waals surface area (Å²) in [5, 5.41) is 21.1. The smallest absolute Gasteiger partial charge is 0.169 e. The summed E-state index contributed by atoms with van der Waals surface area (Å²) < 4.78 is 5.66. The van der Waals surface area contributed by atoms with Crippen molar-refractivity contribution in [3.8, 4) is 23.3 Å². The molecule has 0 bridgehead atoms. The van der Waals surface area contributed by atoms with Crippen LogP contribution in [0, 0.1) is 11.3 Å². The van der Waals surface area contributed by atoms with Crippen molar-refractivity contribution in [2.24, 2.45) is 0 Å². The fourth-order valence-electron chi connectivity index (χ4n) is 2.06. The number of phenolic OH excluding ortho intramolecular Hbond substituents is 1. The van der Waals surface area contributed by atoms with Crippen molar-refractivity contribution in [1.82, 2.24) is 0 Å². The van der Waals surface area contributed by atoms with E-state index in [1.165, 1.54) is 6.07 Å². The summed E-state index contributed by atoms with van der Waals surface area (Å²) in [4.78, 5) is 0. The minimum absolute atomic E-state index is 0.0362. The first-order valence-corrected chi connectivity index (χ1v) is 6.64. The van der Waals surface area contributed by atoms with Gasteiger partial charge in [-0.2, -0.15) is 5.26 Å². The Kier molecular flexibility index (Phi) is 3.39. The normalized spacial score (nSPS) is 10.3. The van der Waals surface area contributed by atoms with Crippen molar-refractivity contribution in [3.63, 3.8) is 0 Å². The topological polar surface area (TPSA) is 53.2 Å². The molecule has 102 valence electrons. The lowest BCUT2D eigenvalue weighted by Gasteiger charge is -2.10. The number of fused-ring (bicyclic) bond motifs is 1. The molecule has 0 aromatic heterocycles. The first-order valence-electron chi connectivity index (χ1n) is 6.26. The van der Waals surface area contributed by atoms with E-state index < -0.39 is 0 Å². The van der Waals surface area contributed by atoms with Gasteiger partial charge in [-0.25, -0.2) is 0 Å². The fraction of sp³-hybridized carbons (Fsp3) is 0. The van der Waals surface area contributed by atoms with Gasteiger partial charge in [-0.15, -0.1) is 0 Å². The number of halogens is 1. The molecular formula is C17H10ClNO2. The lowest BCUT2D eigenvalue weighted by atomic mass is 10.1. The van der Waals surface area contributed by atoms with E-state index in [9.17, 15) is 5.11 Å². The molecule has 0 radical (unpaired) electrons. The number of benzene rings is 3. The van der Waals surface area contributed by atoms with E-state index in [0.29, 0.717) is 22.1 Å². The third-order valence-electron chi connectivity index (χ3n) is 3.11. The third-order valence-corrected chi connectivity index (χ3v) is 3.40. The van der Waals surface area contributed by atoms with Gasteiger partial charge >= 0.3 is 0 Å². The minimum atomic E-state index is 0.0362. The molecule has 0 aliphatic heterocycles. The zero-order valence-electron chi connectivity index (χ0n) is 10.9. The summed E-state index contributed by atoms with van der Waals surface area (Å²) in [6.07, 6.45) is 0. The lowest BCUT2D eigenvalue weighted by molar-refractivity contribution is 0.412. The van der Waals surface area contributed by atoms with E-state index in [2.05, 4.69) is 0 Å². The van der Waals surface area contributed by atoms with Gasteiger partial charge in [0.1, 0.15) is 5.75 Å². The molecule has 4 heteroatoms. The molecule has 1 N–H and O–H groups in total. The van der Waals surface area contributed by atoms with Crippen molar-refractivity contribution in [2.45, 2.75) is 0 Å². The highest BCUT2D eigenvalue weighted by atomic mass is 35.5. The molecule has 3 aromatic carbocycles. The van der Waals surface area contributed by atoms with Crippen LogP contribution in [0.25, 0.3) is 10.8 Å². The molecule has 0 saturated carbocycles. The standard InChI is InChI=1S/C17H10ClNO2/c18-14-7-11(10-19)5-6-16(14)21-17-9-13-4-2-1-3-12(13)8-15(17)20/h1-9,20H. The van der Waals surface area contributed by atoms with Gasteiger partial charge in [0.05, 0.1) is 16.7 Å². The van der Waals surface area contributed by atoms with Gasteiger partial charge in [-0.05, 0) is 41.1 Å². The predicted octanol–water partition coefficient (Wildman–Crippen LogP) is 4.86. The number of ether oxygens (including phenoxy) is 1. The van der Waals surface area contributed by atoms with E-state index in [1.807, 2.05) is 30.3 Å². The molecule has 0 fully saturated rings. The third kappa shape index (κ3) is 2.62. The van der Waals surface area contributed by atoms with Crippen molar-refractivity contribution in [2.75, 3.05) is 0 Å². The van der Waals surface area contributed by atoms with Crippen LogP contribution in [0.2, 0.25) is 5.02 Å². The van der Waals surface area contributed by atoms with E-state index in [1.54, 1.807) is 24.3 Å². The van der Waals surface area contributed by atoms with Crippen LogP contribution in [-0.2, 0) is 0 Å². The highest BCUT2D eigenvalue weighted by Crippen LogP contribution is 2.37. The molecule has 0 aliphatic rings. The van der Waals surface area contributed by atoms with Gasteiger partial charge in [0, 0.05) is 0 Å². The van der Waals surface area contributed by atoms with E-state index in [4.69, 9.17) is 21.6 Å². The van der Waals surface area contributed by atoms with Crippen LogP contribution < -0.4 is 4.74 Å². The second-order valence-corrected chi connectivity index (χ2v) is 4.93. The Morgan fingerprint density at radius 2 is 1.67 bits per heavy atom. The summed E-state index contributed by atoms with van der Waals surface area (Å²) in [6.45, 7) is 0. The van der Waals surface area contributed by atoms with E-state index in [0.717, 1.165) is 10.8 Å². The van der Waals surface area contributed by atoms with Gasteiger partial charge in [0.2, 0.25) is 0 Å². The Labute approximate surface area is 126 Å². The van der Waals surface area contributed by atoms with Crippen LogP contribution in [0.3, 0.4) is 0 Å². The maximum absolute atomic E-state index is 10.0. The van der Waals surface area contributed by atoms with Crippen LogP contribution in [0.4, 0.5) is 0 Å². The summed E-state index contributed by atoms with van der Waals surface area (Å²) >= 11 is 6.07. The first kappa shape index (κ1) is 13.3. The predicted molar refractivity (Wildman–Crippen MR) is 81.9 cm³/mol. The summed E-state index contributed by atoms with van der Waals surface area (Å²) in [5.41, 5.74) is 0.454. The van der Waals surface area contributed by atoms with Crippen molar-refractivity contribution >= 4 is 22.4 Å². The monoisotopic (exact) mass is 295 g/mol. The van der Waals surface area contributed by atoms with Crippen LogP contribution >= 0.6 is 11.6 Å². The Morgan fingerprint density at radius 3 is 2.33 bits per heavy atom. The zero-order chi connectivity index (χ0) is 14.8. The SMILES string of the molecule is N#Cc1ccc(Oc2cc3ccccc3cc2O)c(Cl)c1. The average Bonchev–Trinajstić information content (AvgIpc) is 2.49. The maximum Gasteiger partial charge on any atom is 0.169 e. The molecule has 21 heavy (non-hydrogen) atoms. The van der Waals surface area contributed by atoms with Gasteiger partial charge in [-0.3, -0.25) is 0 Å². The molecule has 3 aromatic rings. The van der Waals surface area contributed by atoms with Gasteiger partial charge < -0.3 is 9.84 Å². The molecule has 3 nitrogen and oxygen atoms in total. The van der Waals surface area contributed by atoms with Crippen LogP contribution in [-0.4, -0.2) is 5.11 Å². The molecule has 3 rings (SSSR count). The fourth-order valence-corrected chi connectivity index (χ4v) is 2.28. The Balaban J connectivity index is 2.02. The van der Waals surface area contributed by atoms with Crippen LogP contribution in [0.5, 0.6) is 17.2 Å². The number of nitrogens with zero attached hydrogens (tertiary/aromatic N) is 1. The summed E-state index contributed by atoms with van der Waals surface area (Å²) in [7, 11) is 0. The molecule has 0 heterocycles. The number of hydrogen-bond donors (Lipinski definition) is 1. The highest BCUT2D eigenvalue weighted by Gasteiger charge is 2.09. The quantitative estimate of drug-likeness (QED) is 0.734. The van der Waals surface area contributed by atoms with Crippen molar-refractivity contribution < 1.29 is 9.84 Å². The molecule has 0 aliphatic carbocycles. The van der Waals surface area contributed by atoms with Gasteiger partial charge in [-0.1, -0.05) is 35.9 Å². The Morgan fingerprint density at radius 1 is 0.952 bits per heavy atom. The maximum atomic E-state index is 10.0. The number of rotatable bonds is 2. The van der Waals surface area contributed by atoms with E-state index >= 15 is 0 Å². The highest BCUT2D eigenvalue weighted by molar-refractivity contribution is 6.32. The first-order chi connectivity index (χ1) is 10.2. The molecule has 0 unspecified atom stereocenters. The number of hydrogen-bond acceptors (Lipinski definition) is 3. The van der Waals surface area contributed by atoms with Gasteiger partial charge in [0.25, 0.3) is 0 Å². The van der Waals surface area contributed by atoms with Gasteiger partial charge in [0.15, 0.2) is 11.5 Å². The van der Waals surface area contributed by atoms with Crippen LogP contribution in [0.15, 0.2) is 54.6 Å². The largest absolute Gasteiger partial charge is 0.504 e. The van der Waals surface area contributed by atoms with Crippen molar-refractivity contribution in [1.29, 1.82) is 5.26 Å². The minimum Gasteiger partial charge on any atom is -0.504 e. The van der Waals surface area contributed by atoms with Crippen LogP contribution in [0.1, 0.15) is 5.56 Å². The molecular weight excluding hydrogens is 286 g/mol. The summed E-state index contributed by atoms with van der Waals surface area (Å²) in [6, 6.07) is 17.8. The second kappa shape index (κ2) is 5.35. The molecule has 0 spiro atoms. The Hall–Kier alpha value is -2.70. The lowest BCUT2D eigenvalue weighted by Crippen LogP contribution is -1.87. The molecule has 0 amide bonds. The Bertz CT molecular complexity index is 868. The van der Waals surface area contributed by atoms with E-state index in [-0.39, 0.29) is 5.75 Å². The number of aromatic hydroxyl groups is 1. The summed E-state index contributed by atoms with van der Waals surface area (Å²) in [5.74, 6) is 0.746. The molecule has 0 atom stereocenters. The number of phenols is 1. The van der Waals surface area contributed by atoms with Crippen molar-refractivity contribution in [3.05, 3.63) is 65.2 Å². The average molecular weight is 296 g/mol. The zero-order valence-corrected chi connectivity index (χ0v) is 11.6. The number of nitriles is 1.